The number of halogens is 1. The lowest BCUT2D eigenvalue weighted by molar-refractivity contribution is 0.293. The lowest BCUT2D eigenvalue weighted by Gasteiger charge is -2.10. The van der Waals surface area contributed by atoms with Crippen molar-refractivity contribution in [1.82, 2.24) is 5.32 Å². The van der Waals surface area contributed by atoms with Gasteiger partial charge in [-0.05, 0) is 25.6 Å². The third kappa shape index (κ3) is 3.22. The van der Waals surface area contributed by atoms with Gasteiger partial charge in [0.2, 0.25) is 0 Å². The number of hydrogen-bond donors (Lipinski definition) is 1. The van der Waals surface area contributed by atoms with Crippen molar-refractivity contribution in [2.45, 2.75) is 13.0 Å². The van der Waals surface area contributed by atoms with Crippen molar-refractivity contribution < 1.29 is 9.13 Å². The van der Waals surface area contributed by atoms with Gasteiger partial charge in [0, 0.05) is 6.07 Å². The average molecular weight is 208 g/mol. The van der Waals surface area contributed by atoms with Crippen molar-refractivity contribution >= 4 is 0 Å². The highest BCUT2D eigenvalue weighted by atomic mass is 19.1. The van der Waals surface area contributed by atoms with E-state index in [9.17, 15) is 4.39 Å². The first kappa shape index (κ1) is 11.5. The van der Waals surface area contributed by atoms with Crippen LogP contribution in [-0.2, 0) is 0 Å². The summed E-state index contributed by atoms with van der Waals surface area (Å²) in [5.41, 5.74) is 0.577. The first-order valence-electron chi connectivity index (χ1n) is 4.63. The van der Waals surface area contributed by atoms with Gasteiger partial charge in [0.05, 0.1) is 6.07 Å². The number of nitriles is 1. The Hall–Kier alpha value is -1.60. The van der Waals surface area contributed by atoms with Crippen LogP contribution < -0.4 is 10.1 Å². The predicted octanol–water partition coefficient (Wildman–Crippen LogP) is 1.62. The quantitative estimate of drug-likeness (QED) is 0.817. The monoisotopic (exact) mass is 208 g/mol. The van der Waals surface area contributed by atoms with Gasteiger partial charge >= 0.3 is 0 Å². The number of rotatable bonds is 4. The summed E-state index contributed by atoms with van der Waals surface area (Å²) < 4.78 is 18.4. The second-order valence-corrected chi connectivity index (χ2v) is 3.19. The number of benzene rings is 1. The van der Waals surface area contributed by atoms with Crippen LogP contribution in [0.25, 0.3) is 0 Å². The van der Waals surface area contributed by atoms with E-state index >= 15 is 0 Å². The molecular weight excluding hydrogens is 195 g/mol. The maximum atomic E-state index is 13.1. The topological polar surface area (TPSA) is 45.0 Å². The molecule has 1 aromatic rings. The van der Waals surface area contributed by atoms with Crippen molar-refractivity contribution in [3.63, 3.8) is 0 Å². The van der Waals surface area contributed by atoms with Gasteiger partial charge < -0.3 is 10.1 Å². The smallest absolute Gasteiger partial charge is 0.129 e. The summed E-state index contributed by atoms with van der Waals surface area (Å²) in [5.74, 6) is 0.138. The molecule has 0 aliphatic carbocycles. The molecule has 0 spiro atoms. The molecule has 1 atom stereocenters. The SMILES string of the molecule is CNC(C#N)COc1ccc(C)c(F)c1. The molecule has 15 heavy (non-hydrogen) atoms. The highest BCUT2D eigenvalue weighted by Gasteiger charge is 2.05. The van der Waals surface area contributed by atoms with Crippen molar-refractivity contribution in [1.29, 1.82) is 5.26 Å². The maximum Gasteiger partial charge on any atom is 0.129 e. The van der Waals surface area contributed by atoms with Crippen LogP contribution in [0, 0.1) is 24.1 Å². The van der Waals surface area contributed by atoms with Gasteiger partial charge in [0.15, 0.2) is 0 Å². The second kappa shape index (κ2) is 5.32. The normalized spacial score (nSPS) is 11.9. The second-order valence-electron chi connectivity index (χ2n) is 3.19. The number of ether oxygens (including phenoxy) is 1. The summed E-state index contributed by atoms with van der Waals surface area (Å²) in [6.07, 6.45) is 0. The molecule has 0 amide bonds. The Morgan fingerprint density at radius 3 is 2.87 bits per heavy atom. The van der Waals surface area contributed by atoms with Crippen LogP contribution in [0.15, 0.2) is 18.2 Å². The van der Waals surface area contributed by atoms with Gasteiger partial charge in [-0.3, -0.25) is 0 Å². The molecular formula is C11H13FN2O. The highest BCUT2D eigenvalue weighted by Crippen LogP contribution is 2.15. The number of likely N-dealkylation sites (N-methyl/N-ethyl adjacent to an activating group) is 1. The van der Waals surface area contributed by atoms with Gasteiger partial charge in [-0.25, -0.2) is 4.39 Å². The Labute approximate surface area is 88.5 Å². The summed E-state index contributed by atoms with van der Waals surface area (Å²) in [7, 11) is 1.67. The van der Waals surface area contributed by atoms with E-state index in [1.807, 2.05) is 6.07 Å². The van der Waals surface area contributed by atoms with Gasteiger partial charge in [-0.2, -0.15) is 5.26 Å². The predicted molar refractivity (Wildman–Crippen MR) is 55.1 cm³/mol. The molecule has 80 valence electrons. The van der Waals surface area contributed by atoms with Gasteiger partial charge in [0.1, 0.15) is 24.2 Å². The van der Waals surface area contributed by atoms with E-state index < -0.39 is 0 Å². The zero-order valence-electron chi connectivity index (χ0n) is 8.75. The van der Waals surface area contributed by atoms with Crippen molar-refractivity contribution in [3.8, 4) is 11.8 Å². The molecule has 1 rings (SSSR count). The van der Waals surface area contributed by atoms with E-state index in [-0.39, 0.29) is 18.5 Å². The zero-order chi connectivity index (χ0) is 11.3. The van der Waals surface area contributed by atoms with Gasteiger partial charge in [-0.1, -0.05) is 6.07 Å². The Morgan fingerprint density at radius 2 is 2.33 bits per heavy atom. The van der Waals surface area contributed by atoms with Crippen LogP contribution in [0.4, 0.5) is 4.39 Å². The zero-order valence-corrected chi connectivity index (χ0v) is 8.75. The largest absolute Gasteiger partial charge is 0.491 e. The number of nitrogens with one attached hydrogen (secondary N) is 1. The highest BCUT2D eigenvalue weighted by molar-refractivity contribution is 5.28. The van der Waals surface area contributed by atoms with Crippen molar-refractivity contribution in [3.05, 3.63) is 29.6 Å². The number of hydrogen-bond acceptors (Lipinski definition) is 3. The minimum atomic E-state index is -0.380. The third-order valence-corrected chi connectivity index (χ3v) is 2.06. The molecule has 3 nitrogen and oxygen atoms in total. The Balaban J connectivity index is 2.59. The van der Waals surface area contributed by atoms with E-state index in [1.165, 1.54) is 6.07 Å². The summed E-state index contributed by atoms with van der Waals surface area (Å²) >= 11 is 0. The average Bonchev–Trinajstić information content (AvgIpc) is 2.24. The first-order chi connectivity index (χ1) is 7.17. The third-order valence-electron chi connectivity index (χ3n) is 2.06. The summed E-state index contributed by atoms with van der Waals surface area (Å²) in [4.78, 5) is 0. The molecule has 0 heterocycles. The fourth-order valence-corrected chi connectivity index (χ4v) is 1.03. The molecule has 1 aromatic carbocycles. The van der Waals surface area contributed by atoms with Gasteiger partial charge in [-0.15, -0.1) is 0 Å². The van der Waals surface area contributed by atoms with Gasteiger partial charge in [0.25, 0.3) is 0 Å². The lowest BCUT2D eigenvalue weighted by atomic mass is 10.2. The molecule has 1 unspecified atom stereocenters. The molecule has 0 fully saturated rings. The Kier molecular flexibility index (Phi) is 4.07. The fraction of sp³-hybridized carbons (Fsp3) is 0.364. The summed E-state index contributed by atoms with van der Waals surface area (Å²) in [5, 5.41) is 11.4. The first-order valence-corrected chi connectivity index (χ1v) is 4.63. The Bertz CT molecular complexity index is 373. The number of nitrogens with zero attached hydrogens (tertiary/aromatic N) is 1. The molecule has 0 saturated heterocycles. The van der Waals surface area contributed by atoms with Crippen LogP contribution in [0.5, 0.6) is 5.75 Å². The van der Waals surface area contributed by atoms with E-state index in [4.69, 9.17) is 10.00 Å². The minimum absolute atomic E-state index is 0.204. The van der Waals surface area contributed by atoms with Crippen LogP contribution in [0.1, 0.15) is 5.56 Å². The molecule has 1 N–H and O–H groups in total. The fourth-order valence-electron chi connectivity index (χ4n) is 1.03. The molecule has 0 radical (unpaired) electrons. The molecule has 4 heteroatoms. The van der Waals surface area contributed by atoms with Crippen LogP contribution >= 0.6 is 0 Å². The molecule has 0 bridgehead atoms. The number of aryl methyl sites for hydroxylation is 1. The van der Waals surface area contributed by atoms with Crippen molar-refractivity contribution in [2.75, 3.05) is 13.7 Å². The molecule has 0 aromatic heterocycles. The molecule has 0 aliphatic heterocycles. The summed E-state index contributed by atoms with van der Waals surface area (Å²) in [6.45, 7) is 1.89. The van der Waals surface area contributed by atoms with Crippen LogP contribution in [0.2, 0.25) is 0 Å². The molecule has 0 saturated carbocycles. The maximum absolute atomic E-state index is 13.1. The Morgan fingerprint density at radius 1 is 1.60 bits per heavy atom. The van der Waals surface area contributed by atoms with E-state index in [1.54, 1.807) is 26.1 Å². The van der Waals surface area contributed by atoms with E-state index in [0.29, 0.717) is 11.3 Å². The van der Waals surface area contributed by atoms with Crippen molar-refractivity contribution in [2.24, 2.45) is 0 Å². The minimum Gasteiger partial charge on any atom is -0.491 e. The van der Waals surface area contributed by atoms with E-state index in [2.05, 4.69) is 5.32 Å². The standard InChI is InChI=1S/C11H13FN2O/c1-8-3-4-10(5-11(8)12)15-7-9(6-13)14-2/h3-5,9,14H,7H2,1-2H3. The van der Waals surface area contributed by atoms with E-state index in [0.717, 1.165) is 0 Å². The lowest BCUT2D eigenvalue weighted by Crippen LogP contribution is -2.29. The van der Waals surface area contributed by atoms with Crippen LogP contribution in [-0.4, -0.2) is 19.7 Å². The molecule has 0 aliphatic rings. The summed E-state index contributed by atoms with van der Waals surface area (Å²) in [6, 6.07) is 6.28. The van der Waals surface area contributed by atoms with Crippen LogP contribution in [0.3, 0.4) is 0 Å².